The van der Waals surface area contributed by atoms with Crippen LogP contribution < -0.4 is 0 Å². The first-order valence-electron chi connectivity index (χ1n) is 2.06. The first kappa shape index (κ1) is 7.87. The van der Waals surface area contributed by atoms with Gasteiger partial charge in [-0.25, -0.2) is 0 Å². The zero-order valence-electron chi connectivity index (χ0n) is 4.31. The molecule has 0 fully saturated rings. The third kappa shape index (κ3) is 1.63. The molecular formula is C3BrClF2N2O. The summed E-state index contributed by atoms with van der Waals surface area (Å²) in [5, 5.41) is -0.535. The van der Waals surface area contributed by atoms with Crippen molar-refractivity contribution in [3.05, 3.63) is 10.6 Å². The smallest absolute Gasteiger partial charge is 0.330 e. The Balaban J connectivity index is 2.96. The van der Waals surface area contributed by atoms with Gasteiger partial charge in [-0.05, 0) is 32.7 Å². The summed E-state index contributed by atoms with van der Waals surface area (Å²) in [6.07, 6.45) is 0. The molecule has 0 aliphatic heterocycles. The quantitative estimate of drug-likeness (QED) is 0.697. The predicted molar refractivity (Wildman–Crippen MR) is 31.7 cm³/mol. The van der Waals surface area contributed by atoms with Crippen LogP contribution in [0.4, 0.5) is 8.78 Å². The van der Waals surface area contributed by atoms with Crippen LogP contribution in [0.15, 0.2) is 9.26 Å². The summed E-state index contributed by atoms with van der Waals surface area (Å²) < 4.78 is 28.0. The van der Waals surface area contributed by atoms with Gasteiger partial charge in [0.25, 0.3) is 0 Å². The van der Waals surface area contributed by atoms with E-state index in [9.17, 15) is 8.78 Å². The van der Waals surface area contributed by atoms with Crippen molar-refractivity contribution in [1.29, 1.82) is 0 Å². The molecule has 0 aliphatic rings. The van der Waals surface area contributed by atoms with Gasteiger partial charge >= 0.3 is 11.3 Å². The summed E-state index contributed by atoms with van der Waals surface area (Å²) in [6, 6.07) is 0. The number of hydrogen-bond donors (Lipinski definition) is 0. The lowest BCUT2D eigenvalue weighted by atomic mass is 10.7. The van der Waals surface area contributed by atoms with E-state index < -0.39 is 11.3 Å². The highest BCUT2D eigenvalue weighted by Crippen LogP contribution is 2.30. The van der Waals surface area contributed by atoms with E-state index in [0.29, 0.717) is 0 Å². The van der Waals surface area contributed by atoms with Gasteiger partial charge in [0, 0.05) is 0 Å². The Morgan fingerprint density at radius 1 is 1.60 bits per heavy atom. The maximum Gasteiger partial charge on any atom is 0.400 e. The van der Waals surface area contributed by atoms with Crippen molar-refractivity contribution >= 4 is 27.5 Å². The number of hydrogen-bond acceptors (Lipinski definition) is 3. The molecule has 0 atom stereocenters. The van der Waals surface area contributed by atoms with Gasteiger partial charge < -0.3 is 4.52 Å². The summed E-state index contributed by atoms with van der Waals surface area (Å²) >= 11 is 7.24. The number of halogens is 4. The minimum atomic E-state index is -3.58. The summed E-state index contributed by atoms with van der Waals surface area (Å²) in [6.45, 7) is 0. The van der Waals surface area contributed by atoms with Gasteiger partial charge in [-0.15, -0.1) is 0 Å². The van der Waals surface area contributed by atoms with Crippen LogP contribution >= 0.6 is 27.5 Å². The fourth-order valence-electron chi connectivity index (χ4n) is 0.321. The number of rotatable bonds is 1. The van der Waals surface area contributed by atoms with Crippen molar-refractivity contribution in [2.75, 3.05) is 0 Å². The van der Waals surface area contributed by atoms with E-state index in [2.05, 4.69) is 42.2 Å². The lowest BCUT2D eigenvalue weighted by Crippen LogP contribution is -2.02. The summed E-state index contributed by atoms with van der Waals surface area (Å²) in [5.41, 5.74) is 0. The Kier molecular flexibility index (Phi) is 1.91. The Hall–Kier alpha value is -0.230. The SMILES string of the molecule is FC(F)(Cl)c1nc(Br)no1. The van der Waals surface area contributed by atoms with Crippen molar-refractivity contribution in [2.45, 2.75) is 5.38 Å². The van der Waals surface area contributed by atoms with Crippen molar-refractivity contribution in [3.8, 4) is 0 Å². The van der Waals surface area contributed by atoms with Crippen LogP contribution in [0.2, 0.25) is 0 Å². The average Bonchev–Trinajstić information content (AvgIpc) is 2.11. The highest BCUT2D eigenvalue weighted by Gasteiger charge is 2.35. The van der Waals surface area contributed by atoms with Crippen molar-refractivity contribution < 1.29 is 13.3 Å². The molecule has 0 spiro atoms. The fourth-order valence-corrected chi connectivity index (χ4v) is 0.631. The minimum Gasteiger partial charge on any atom is -0.330 e. The maximum absolute atomic E-state index is 12.0. The molecule has 0 amide bonds. The zero-order valence-corrected chi connectivity index (χ0v) is 6.66. The molecule has 0 saturated carbocycles. The highest BCUT2D eigenvalue weighted by atomic mass is 79.9. The van der Waals surface area contributed by atoms with Crippen LogP contribution in [0, 0.1) is 0 Å². The van der Waals surface area contributed by atoms with Gasteiger partial charge in [-0.3, -0.25) is 0 Å². The van der Waals surface area contributed by atoms with Gasteiger partial charge in [0.05, 0.1) is 0 Å². The second kappa shape index (κ2) is 2.43. The monoisotopic (exact) mass is 232 g/mol. The van der Waals surface area contributed by atoms with Gasteiger partial charge in [0.1, 0.15) is 0 Å². The van der Waals surface area contributed by atoms with E-state index >= 15 is 0 Å². The number of aromatic nitrogens is 2. The molecule has 1 rings (SSSR count). The Morgan fingerprint density at radius 3 is 2.40 bits per heavy atom. The van der Waals surface area contributed by atoms with Crippen molar-refractivity contribution in [2.24, 2.45) is 0 Å². The molecule has 1 heterocycles. The molecule has 1 aromatic rings. The fraction of sp³-hybridized carbons (Fsp3) is 0.333. The Labute approximate surface area is 67.5 Å². The standard InChI is InChI=1S/C3BrClF2N2O/c4-2-8-1(10-9-2)3(5,6)7. The first-order chi connectivity index (χ1) is 4.50. The number of alkyl halides is 3. The first-order valence-corrected chi connectivity index (χ1v) is 3.23. The molecule has 10 heavy (non-hydrogen) atoms. The molecular weight excluding hydrogens is 233 g/mol. The van der Waals surface area contributed by atoms with E-state index in [-0.39, 0.29) is 4.73 Å². The predicted octanol–water partition coefficient (Wildman–Crippen LogP) is 2.12. The van der Waals surface area contributed by atoms with E-state index in [0.717, 1.165) is 0 Å². The molecule has 0 aromatic carbocycles. The third-order valence-corrected chi connectivity index (χ3v) is 1.13. The molecule has 0 aliphatic carbocycles. The van der Waals surface area contributed by atoms with Crippen LogP contribution in [-0.4, -0.2) is 10.1 Å². The largest absolute Gasteiger partial charge is 0.400 e. The second-order valence-corrected chi connectivity index (χ2v) is 2.55. The molecule has 7 heteroatoms. The lowest BCUT2D eigenvalue weighted by molar-refractivity contribution is 0.0550. The van der Waals surface area contributed by atoms with Crippen molar-refractivity contribution in [1.82, 2.24) is 10.1 Å². The van der Waals surface area contributed by atoms with E-state index in [1.54, 1.807) is 0 Å². The topological polar surface area (TPSA) is 38.9 Å². The summed E-state index contributed by atoms with van der Waals surface area (Å²) in [5.74, 6) is -0.916. The molecule has 1 aromatic heterocycles. The van der Waals surface area contributed by atoms with Crippen LogP contribution in [-0.2, 0) is 5.38 Å². The molecule has 0 saturated heterocycles. The maximum atomic E-state index is 12.0. The van der Waals surface area contributed by atoms with Gasteiger partial charge in [0.15, 0.2) is 0 Å². The zero-order chi connectivity index (χ0) is 7.78. The van der Waals surface area contributed by atoms with Crippen LogP contribution in [0.3, 0.4) is 0 Å². The normalized spacial score (nSPS) is 12.0. The minimum absolute atomic E-state index is 0.0529. The molecule has 0 N–H and O–H groups in total. The third-order valence-electron chi connectivity index (χ3n) is 0.644. The van der Waals surface area contributed by atoms with Crippen molar-refractivity contribution in [3.63, 3.8) is 0 Å². The van der Waals surface area contributed by atoms with Gasteiger partial charge in [-0.1, -0.05) is 0 Å². The molecule has 0 unspecified atom stereocenters. The number of nitrogens with zero attached hydrogens (tertiary/aromatic N) is 2. The van der Waals surface area contributed by atoms with Crippen LogP contribution in [0.1, 0.15) is 5.89 Å². The Morgan fingerprint density at radius 2 is 2.20 bits per heavy atom. The highest BCUT2D eigenvalue weighted by molar-refractivity contribution is 9.10. The van der Waals surface area contributed by atoms with E-state index in [1.807, 2.05) is 0 Å². The second-order valence-electron chi connectivity index (χ2n) is 1.37. The lowest BCUT2D eigenvalue weighted by Gasteiger charge is -1.97. The summed E-state index contributed by atoms with van der Waals surface area (Å²) in [4.78, 5) is 3.14. The molecule has 0 radical (unpaired) electrons. The van der Waals surface area contributed by atoms with E-state index in [1.165, 1.54) is 0 Å². The average molecular weight is 233 g/mol. The summed E-state index contributed by atoms with van der Waals surface area (Å²) in [7, 11) is 0. The molecule has 56 valence electrons. The van der Waals surface area contributed by atoms with E-state index in [4.69, 9.17) is 0 Å². The molecule has 0 bridgehead atoms. The van der Waals surface area contributed by atoms with Gasteiger partial charge in [0.2, 0.25) is 4.73 Å². The van der Waals surface area contributed by atoms with Gasteiger partial charge in [-0.2, -0.15) is 13.8 Å². The van der Waals surface area contributed by atoms with Crippen LogP contribution in [0.5, 0.6) is 0 Å². The molecule has 3 nitrogen and oxygen atoms in total. The van der Waals surface area contributed by atoms with Crippen LogP contribution in [0.25, 0.3) is 0 Å². The Bertz CT molecular complexity index is 235.